The minimum Gasteiger partial charge on any atom is -0.319 e. The fourth-order valence-electron chi connectivity index (χ4n) is 4.49. The molecule has 3 heterocycles. The maximum Gasteiger partial charge on any atom is 0.290 e. The predicted octanol–water partition coefficient (Wildman–Crippen LogP) is 4.73. The largest absolute Gasteiger partial charge is 0.319 e. The lowest BCUT2D eigenvalue weighted by molar-refractivity contribution is 0.394. The molecule has 2 N–H and O–H groups in total. The van der Waals surface area contributed by atoms with Crippen molar-refractivity contribution in [2.24, 2.45) is 5.41 Å². The topological polar surface area (TPSA) is 118 Å². The summed E-state index contributed by atoms with van der Waals surface area (Å²) in [7, 11) is 0. The van der Waals surface area contributed by atoms with Crippen LogP contribution in [0.25, 0.3) is 33.5 Å². The zero-order chi connectivity index (χ0) is 25.4. The summed E-state index contributed by atoms with van der Waals surface area (Å²) >= 11 is 0. The van der Waals surface area contributed by atoms with Gasteiger partial charge in [-0.3, -0.25) is 4.79 Å². The zero-order valence-electron chi connectivity index (χ0n) is 21.2. The number of aromatic amines is 2. The number of aromatic nitrogens is 8. The minimum atomic E-state index is -0.215. The summed E-state index contributed by atoms with van der Waals surface area (Å²) in [6.45, 7) is 11.2. The first-order valence-corrected chi connectivity index (χ1v) is 12.1. The van der Waals surface area contributed by atoms with Crippen molar-refractivity contribution < 1.29 is 0 Å². The Morgan fingerprint density at radius 2 is 1.69 bits per heavy atom. The summed E-state index contributed by atoms with van der Waals surface area (Å²) in [5.74, 6) is 1.60. The number of H-pyrrole nitrogens is 2. The summed E-state index contributed by atoms with van der Waals surface area (Å²) in [5, 5.41) is 21.5. The highest BCUT2D eigenvalue weighted by molar-refractivity contribution is 5.80. The molecule has 0 aliphatic carbocycles. The van der Waals surface area contributed by atoms with Gasteiger partial charge in [-0.05, 0) is 33.2 Å². The van der Waals surface area contributed by atoms with Crippen LogP contribution in [-0.2, 0) is 13.0 Å². The molecule has 9 heteroatoms. The number of hydrogen-bond acceptors (Lipinski definition) is 6. The van der Waals surface area contributed by atoms with Gasteiger partial charge >= 0.3 is 0 Å². The second-order valence-electron chi connectivity index (χ2n) is 10.6. The molecule has 5 rings (SSSR count). The number of fused-ring (bicyclic) bond motifs is 1. The Hall–Kier alpha value is -4.14. The molecule has 5 aromatic rings. The Morgan fingerprint density at radius 3 is 2.33 bits per heavy atom. The van der Waals surface area contributed by atoms with Crippen molar-refractivity contribution in [2.45, 2.75) is 53.5 Å². The van der Waals surface area contributed by atoms with Crippen molar-refractivity contribution in [1.82, 2.24) is 40.4 Å². The van der Waals surface area contributed by atoms with Crippen LogP contribution in [0.4, 0.5) is 0 Å². The molecule has 0 saturated carbocycles. The summed E-state index contributed by atoms with van der Waals surface area (Å²) in [5.41, 5.74) is 5.95. The van der Waals surface area contributed by atoms with E-state index < -0.39 is 0 Å². The zero-order valence-corrected chi connectivity index (χ0v) is 21.2. The van der Waals surface area contributed by atoms with Crippen molar-refractivity contribution >= 4 is 11.0 Å². The average Bonchev–Trinajstić information content (AvgIpc) is 3.48. The number of rotatable bonds is 6. The smallest absolute Gasteiger partial charge is 0.290 e. The van der Waals surface area contributed by atoms with Gasteiger partial charge in [-0.15, -0.1) is 10.2 Å². The molecular weight excluding hydrogens is 452 g/mol. The molecule has 0 spiro atoms. The van der Waals surface area contributed by atoms with Crippen LogP contribution in [-0.4, -0.2) is 40.4 Å². The molecule has 0 bridgehead atoms. The monoisotopic (exact) mass is 482 g/mol. The van der Waals surface area contributed by atoms with Gasteiger partial charge in [-0.2, -0.15) is 10.3 Å². The van der Waals surface area contributed by atoms with Gasteiger partial charge in [0.05, 0.1) is 5.69 Å². The van der Waals surface area contributed by atoms with E-state index in [-0.39, 0.29) is 16.9 Å². The van der Waals surface area contributed by atoms with E-state index in [1.165, 1.54) is 0 Å². The van der Waals surface area contributed by atoms with Gasteiger partial charge in [0.25, 0.3) is 5.56 Å². The molecule has 3 aromatic heterocycles. The fraction of sp³-hybridized carbons (Fsp3) is 0.333. The molecule has 0 amide bonds. The second kappa shape index (κ2) is 9.14. The fourth-order valence-corrected chi connectivity index (χ4v) is 4.49. The van der Waals surface area contributed by atoms with Gasteiger partial charge in [0, 0.05) is 18.5 Å². The third-order valence-electron chi connectivity index (χ3n) is 6.14. The summed E-state index contributed by atoms with van der Waals surface area (Å²) in [6, 6.07) is 16.3. The molecule has 0 fully saturated rings. The molecule has 0 atom stereocenters. The van der Waals surface area contributed by atoms with Crippen molar-refractivity contribution in [1.29, 1.82) is 0 Å². The third-order valence-corrected chi connectivity index (χ3v) is 6.14. The molecule has 9 nitrogen and oxygen atoms in total. The second-order valence-corrected chi connectivity index (χ2v) is 10.6. The number of benzene rings is 2. The molecular formula is C27H30N8O. The van der Waals surface area contributed by atoms with Gasteiger partial charge in [-0.1, -0.05) is 83.1 Å². The van der Waals surface area contributed by atoms with Crippen molar-refractivity contribution in [2.75, 3.05) is 0 Å². The van der Waals surface area contributed by atoms with Crippen LogP contribution < -0.4 is 5.56 Å². The number of tetrazole rings is 1. The lowest BCUT2D eigenvalue weighted by atomic mass is 9.92. The Bertz CT molecular complexity index is 1550. The lowest BCUT2D eigenvalue weighted by Crippen LogP contribution is -2.18. The summed E-state index contributed by atoms with van der Waals surface area (Å²) in [4.78, 5) is 17.9. The highest BCUT2D eigenvalue weighted by Crippen LogP contribution is 2.31. The molecule has 0 radical (unpaired) electrons. The highest BCUT2D eigenvalue weighted by atomic mass is 16.1. The lowest BCUT2D eigenvalue weighted by Gasteiger charge is -2.19. The summed E-state index contributed by atoms with van der Waals surface area (Å²) < 4.78 is 2.05. The Morgan fingerprint density at radius 1 is 0.972 bits per heavy atom. The van der Waals surface area contributed by atoms with Gasteiger partial charge < -0.3 is 4.57 Å². The number of hydrogen-bond donors (Lipinski definition) is 2. The SMILES string of the molecule is CC(C)c1n[nH]c(=O)c2c1nc(CC(C)(C)C)n2Cc1ccc(-c2ccccc2-c2nn[nH]n2)cc1. The van der Waals surface area contributed by atoms with Crippen LogP contribution in [0.1, 0.15) is 57.6 Å². The van der Waals surface area contributed by atoms with Crippen LogP contribution >= 0.6 is 0 Å². The van der Waals surface area contributed by atoms with E-state index in [0.717, 1.165) is 40.2 Å². The minimum absolute atomic E-state index is 0.0139. The number of nitrogens with one attached hydrogen (secondary N) is 2. The average molecular weight is 483 g/mol. The van der Waals surface area contributed by atoms with E-state index >= 15 is 0 Å². The maximum atomic E-state index is 12.9. The van der Waals surface area contributed by atoms with E-state index in [9.17, 15) is 4.79 Å². The van der Waals surface area contributed by atoms with Crippen LogP contribution in [0.15, 0.2) is 53.3 Å². The Labute approximate surface area is 209 Å². The number of nitrogens with zero attached hydrogens (tertiary/aromatic N) is 6. The molecule has 36 heavy (non-hydrogen) atoms. The van der Waals surface area contributed by atoms with Crippen LogP contribution in [0.5, 0.6) is 0 Å². The van der Waals surface area contributed by atoms with Crippen LogP contribution in [0, 0.1) is 5.41 Å². The van der Waals surface area contributed by atoms with Crippen molar-refractivity contribution in [3.05, 3.63) is 76.0 Å². The van der Waals surface area contributed by atoms with E-state index in [0.29, 0.717) is 23.4 Å². The summed E-state index contributed by atoms with van der Waals surface area (Å²) in [6.07, 6.45) is 0.745. The molecule has 0 aliphatic rings. The Balaban J connectivity index is 1.56. The molecule has 0 saturated heterocycles. The van der Waals surface area contributed by atoms with Gasteiger partial charge in [0.1, 0.15) is 16.9 Å². The molecule has 2 aromatic carbocycles. The third kappa shape index (κ3) is 4.56. The number of imidazole rings is 1. The Kier molecular flexibility index (Phi) is 5.99. The van der Waals surface area contributed by atoms with Crippen LogP contribution in [0.2, 0.25) is 0 Å². The van der Waals surface area contributed by atoms with Crippen LogP contribution in [0.3, 0.4) is 0 Å². The van der Waals surface area contributed by atoms with Gasteiger partial charge in [0.15, 0.2) is 0 Å². The quantitative estimate of drug-likeness (QED) is 0.361. The molecule has 0 aliphatic heterocycles. The van der Waals surface area contributed by atoms with Crippen molar-refractivity contribution in [3.63, 3.8) is 0 Å². The standard InChI is InChI=1S/C27H30N8O/c1-16(2)22-23-24(26(36)32-29-22)35(21(28-23)14-27(3,4)5)15-17-10-12-18(13-11-17)19-8-6-7-9-20(19)25-30-33-34-31-25/h6-13,16H,14-15H2,1-5H3,(H,32,36)(H,30,31,33,34). The highest BCUT2D eigenvalue weighted by Gasteiger charge is 2.23. The van der Waals surface area contributed by atoms with E-state index in [1.54, 1.807) is 0 Å². The predicted molar refractivity (Wildman–Crippen MR) is 140 cm³/mol. The first-order chi connectivity index (χ1) is 17.2. The first-order valence-electron chi connectivity index (χ1n) is 12.1. The molecule has 0 unspecified atom stereocenters. The maximum absolute atomic E-state index is 12.9. The molecule has 184 valence electrons. The van der Waals surface area contributed by atoms with E-state index in [4.69, 9.17) is 4.98 Å². The van der Waals surface area contributed by atoms with E-state index in [2.05, 4.69) is 94.3 Å². The van der Waals surface area contributed by atoms with E-state index in [1.807, 2.05) is 24.3 Å². The normalized spacial score (nSPS) is 12.1. The first kappa shape index (κ1) is 23.6. The van der Waals surface area contributed by atoms with Gasteiger partial charge in [-0.25, -0.2) is 10.1 Å². The van der Waals surface area contributed by atoms with Gasteiger partial charge in [0.2, 0.25) is 5.82 Å². The van der Waals surface area contributed by atoms with Crippen molar-refractivity contribution in [3.8, 4) is 22.5 Å².